The molecule has 0 atom stereocenters. The fourth-order valence-corrected chi connectivity index (χ4v) is 2.29. The van der Waals surface area contributed by atoms with Crippen molar-refractivity contribution in [1.82, 2.24) is 0 Å². The Morgan fingerprint density at radius 3 is 1.80 bits per heavy atom. The van der Waals surface area contributed by atoms with Gasteiger partial charge >= 0.3 is 0 Å². The molecule has 3 N–H and O–H groups in total. The van der Waals surface area contributed by atoms with E-state index in [-0.39, 0.29) is 6.42 Å². The highest BCUT2D eigenvalue weighted by Gasteiger charge is 2.17. The van der Waals surface area contributed by atoms with Crippen LogP contribution in [0.25, 0.3) is 0 Å². The number of aliphatic hydroxyl groups is 3. The molecule has 114 valence electrons. The summed E-state index contributed by atoms with van der Waals surface area (Å²) >= 11 is 0. The number of aryl methyl sites for hydroxylation is 2. The smallest absolute Gasteiger partial charge is 0.275 e. The maximum Gasteiger partial charge on any atom is 0.275 e. The molecule has 0 aliphatic heterocycles. The summed E-state index contributed by atoms with van der Waals surface area (Å²) < 4.78 is 0. The Bertz CT molecular complexity index is 351. The summed E-state index contributed by atoms with van der Waals surface area (Å²) in [5.74, 6) is -2.56. The second-order valence-corrected chi connectivity index (χ2v) is 5.61. The molecule has 0 radical (unpaired) electrons. The van der Waals surface area contributed by atoms with Gasteiger partial charge in [0, 0.05) is 6.42 Å². The highest BCUT2D eigenvalue weighted by molar-refractivity contribution is 5.22. The Hall–Kier alpha value is -0.900. The maximum atomic E-state index is 8.85. The molecule has 3 nitrogen and oxygen atoms in total. The summed E-state index contributed by atoms with van der Waals surface area (Å²) in [6.07, 6.45) is 9.34. The third-order valence-electron chi connectivity index (χ3n) is 3.59. The largest absolute Gasteiger partial charge is 0.344 e. The molecular formula is C17H28O3. The van der Waals surface area contributed by atoms with E-state index < -0.39 is 5.97 Å². The maximum absolute atomic E-state index is 8.85. The highest BCUT2D eigenvalue weighted by atomic mass is 16.7. The van der Waals surface area contributed by atoms with Crippen LogP contribution in [0.5, 0.6) is 0 Å². The fourth-order valence-electron chi connectivity index (χ4n) is 2.29. The summed E-state index contributed by atoms with van der Waals surface area (Å²) in [7, 11) is 0. The molecule has 0 spiro atoms. The predicted octanol–water partition coefficient (Wildman–Crippen LogP) is 3.15. The van der Waals surface area contributed by atoms with E-state index in [2.05, 4.69) is 19.1 Å². The van der Waals surface area contributed by atoms with Crippen LogP contribution in [0, 0.1) is 0 Å². The van der Waals surface area contributed by atoms with Gasteiger partial charge in [0.05, 0.1) is 0 Å². The van der Waals surface area contributed by atoms with Gasteiger partial charge in [-0.1, -0.05) is 63.3 Å². The topological polar surface area (TPSA) is 60.7 Å². The SMILES string of the molecule is CCCCCCCCc1ccc(CCC(O)(O)O)cc1. The zero-order chi connectivity index (χ0) is 14.8. The van der Waals surface area contributed by atoms with Crippen LogP contribution in [-0.4, -0.2) is 21.3 Å². The number of benzene rings is 1. The van der Waals surface area contributed by atoms with Gasteiger partial charge in [0.25, 0.3) is 5.97 Å². The summed E-state index contributed by atoms with van der Waals surface area (Å²) in [5.41, 5.74) is 2.34. The van der Waals surface area contributed by atoms with Gasteiger partial charge in [-0.3, -0.25) is 0 Å². The van der Waals surface area contributed by atoms with Crippen LogP contribution in [0.1, 0.15) is 63.0 Å². The zero-order valence-electron chi connectivity index (χ0n) is 12.5. The number of unbranched alkanes of at least 4 members (excludes halogenated alkanes) is 5. The van der Waals surface area contributed by atoms with E-state index in [4.69, 9.17) is 15.3 Å². The Balaban J connectivity index is 2.21. The van der Waals surface area contributed by atoms with Crippen LogP contribution in [0.4, 0.5) is 0 Å². The molecule has 3 heteroatoms. The van der Waals surface area contributed by atoms with Crippen LogP contribution in [0.15, 0.2) is 24.3 Å². The molecule has 20 heavy (non-hydrogen) atoms. The molecule has 0 fully saturated rings. The Morgan fingerprint density at radius 1 is 0.750 bits per heavy atom. The van der Waals surface area contributed by atoms with Crippen molar-refractivity contribution in [2.45, 2.75) is 70.7 Å². The van der Waals surface area contributed by atoms with E-state index >= 15 is 0 Å². The molecule has 0 aliphatic carbocycles. The molecule has 1 aromatic rings. The van der Waals surface area contributed by atoms with Gasteiger partial charge in [0.15, 0.2) is 0 Å². The monoisotopic (exact) mass is 280 g/mol. The summed E-state index contributed by atoms with van der Waals surface area (Å²) in [4.78, 5) is 0. The van der Waals surface area contributed by atoms with E-state index in [0.29, 0.717) is 6.42 Å². The normalized spacial score (nSPS) is 11.8. The standard InChI is InChI=1S/C17H28O3/c1-2-3-4-5-6-7-8-15-9-11-16(12-10-15)13-14-17(18,19)20/h9-12,18-20H,2-8,13-14H2,1H3. The number of hydrogen-bond donors (Lipinski definition) is 3. The van der Waals surface area contributed by atoms with E-state index in [1.165, 1.54) is 44.1 Å². The molecular weight excluding hydrogens is 252 g/mol. The lowest BCUT2D eigenvalue weighted by Crippen LogP contribution is -2.27. The van der Waals surface area contributed by atoms with Crippen molar-refractivity contribution in [1.29, 1.82) is 0 Å². The summed E-state index contributed by atoms with van der Waals surface area (Å²) in [6.45, 7) is 2.23. The van der Waals surface area contributed by atoms with Gasteiger partial charge in [-0.25, -0.2) is 0 Å². The lowest BCUT2D eigenvalue weighted by molar-refractivity contribution is -0.314. The van der Waals surface area contributed by atoms with Crippen LogP contribution in [0.2, 0.25) is 0 Å². The molecule has 0 heterocycles. The average Bonchev–Trinajstić information content (AvgIpc) is 2.41. The molecule has 0 saturated heterocycles. The summed E-state index contributed by atoms with van der Waals surface area (Å²) in [6, 6.07) is 8.18. The molecule has 1 rings (SSSR count). The van der Waals surface area contributed by atoms with E-state index in [1.807, 2.05) is 12.1 Å². The predicted molar refractivity (Wildman–Crippen MR) is 81.2 cm³/mol. The van der Waals surface area contributed by atoms with Crippen molar-refractivity contribution in [3.63, 3.8) is 0 Å². The van der Waals surface area contributed by atoms with Gasteiger partial charge in [-0.15, -0.1) is 0 Å². The first-order chi connectivity index (χ1) is 9.51. The van der Waals surface area contributed by atoms with Crippen molar-refractivity contribution >= 4 is 0 Å². The molecule has 0 unspecified atom stereocenters. The fraction of sp³-hybridized carbons (Fsp3) is 0.647. The number of hydrogen-bond acceptors (Lipinski definition) is 3. The van der Waals surface area contributed by atoms with Crippen LogP contribution < -0.4 is 0 Å². The number of rotatable bonds is 10. The zero-order valence-corrected chi connectivity index (χ0v) is 12.5. The third-order valence-corrected chi connectivity index (χ3v) is 3.59. The summed E-state index contributed by atoms with van der Waals surface area (Å²) in [5, 5.41) is 26.5. The molecule has 0 bridgehead atoms. The van der Waals surface area contributed by atoms with Crippen molar-refractivity contribution in [3.8, 4) is 0 Å². The second kappa shape index (κ2) is 9.11. The second-order valence-electron chi connectivity index (χ2n) is 5.61. The van der Waals surface area contributed by atoms with E-state index in [0.717, 1.165) is 12.0 Å². The van der Waals surface area contributed by atoms with Gasteiger partial charge in [0.1, 0.15) is 0 Å². The van der Waals surface area contributed by atoms with Crippen LogP contribution >= 0.6 is 0 Å². The first-order valence-electron chi connectivity index (χ1n) is 7.76. The lowest BCUT2D eigenvalue weighted by Gasteiger charge is -2.13. The highest BCUT2D eigenvalue weighted by Crippen LogP contribution is 2.13. The quantitative estimate of drug-likeness (QED) is 0.456. The minimum absolute atomic E-state index is 0.0657. The van der Waals surface area contributed by atoms with Crippen molar-refractivity contribution < 1.29 is 15.3 Å². The molecule has 0 amide bonds. The van der Waals surface area contributed by atoms with Crippen molar-refractivity contribution in [2.24, 2.45) is 0 Å². The Kier molecular flexibility index (Phi) is 7.82. The molecule has 0 saturated carbocycles. The van der Waals surface area contributed by atoms with Crippen molar-refractivity contribution in [3.05, 3.63) is 35.4 Å². The lowest BCUT2D eigenvalue weighted by atomic mass is 10.0. The molecule has 0 aliphatic rings. The average molecular weight is 280 g/mol. The van der Waals surface area contributed by atoms with Crippen molar-refractivity contribution in [2.75, 3.05) is 0 Å². The first kappa shape index (κ1) is 17.2. The Labute approximate surface area is 122 Å². The first-order valence-corrected chi connectivity index (χ1v) is 7.76. The van der Waals surface area contributed by atoms with Gasteiger partial charge in [-0.2, -0.15) is 0 Å². The minimum Gasteiger partial charge on any atom is -0.344 e. The van der Waals surface area contributed by atoms with Gasteiger partial charge in [-0.05, 0) is 30.4 Å². The van der Waals surface area contributed by atoms with Gasteiger partial charge in [0.2, 0.25) is 0 Å². The van der Waals surface area contributed by atoms with Gasteiger partial charge < -0.3 is 15.3 Å². The molecule has 0 aromatic heterocycles. The van der Waals surface area contributed by atoms with E-state index in [9.17, 15) is 0 Å². The molecule has 1 aromatic carbocycles. The van der Waals surface area contributed by atoms with Crippen LogP contribution in [-0.2, 0) is 12.8 Å². The third kappa shape index (κ3) is 8.31. The van der Waals surface area contributed by atoms with Crippen LogP contribution in [0.3, 0.4) is 0 Å². The minimum atomic E-state index is -2.56. The van der Waals surface area contributed by atoms with E-state index in [1.54, 1.807) is 0 Å². The Morgan fingerprint density at radius 2 is 1.25 bits per heavy atom.